The molecule has 0 unspecified atom stereocenters. The first-order valence-electron chi connectivity index (χ1n) is 9.51. The Labute approximate surface area is 184 Å². The monoisotopic (exact) mass is 444 g/mol. The number of hydrogen-bond donors (Lipinski definition) is 1. The maximum absolute atomic E-state index is 13.6. The van der Waals surface area contributed by atoms with Crippen LogP contribution in [0.15, 0.2) is 46.0 Å². The third-order valence-corrected chi connectivity index (χ3v) is 5.21. The van der Waals surface area contributed by atoms with Gasteiger partial charge in [-0.1, -0.05) is 54.2 Å². The first kappa shape index (κ1) is 22.1. The maximum atomic E-state index is 13.6. The summed E-state index contributed by atoms with van der Waals surface area (Å²) in [4.78, 5) is 41.3. The third-order valence-electron chi connectivity index (χ3n) is 4.77. The molecule has 0 amide bonds. The van der Waals surface area contributed by atoms with Gasteiger partial charge in [0.25, 0.3) is 5.56 Å². The molecule has 0 saturated heterocycles. The second kappa shape index (κ2) is 8.62. The molecule has 7 heteroatoms. The van der Waals surface area contributed by atoms with Crippen molar-refractivity contribution in [1.82, 2.24) is 9.55 Å². The van der Waals surface area contributed by atoms with Gasteiger partial charge in [-0.3, -0.25) is 19.1 Å². The van der Waals surface area contributed by atoms with Crippen molar-refractivity contribution in [3.63, 3.8) is 0 Å². The van der Waals surface area contributed by atoms with Gasteiger partial charge in [0, 0.05) is 21.2 Å². The van der Waals surface area contributed by atoms with Crippen molar-refractivity contribution in [1.29, 1.82) is 0 Å². The highest BCUT2D eigenvalue weighted by Gasteiger charge is 2.25. The molecule has 1 heterocycles. The van der Waals surface area contributed by atoms with E-state index >= 15 is 0 Å². The molecule has 0 radical (unpaired) electrons. The van der Waals surface area contributed by atoms with Gasteiger partial charge in [0.05, 0.1) is 6.54 Å². The summed E-state index contributed by atoms with van der Waals surface area (Å²) in [6.07, 6.45) is 0. The lowest BCUT2D eigenvalue weighted by molar-refractivity contribution is 0.102. The van der Waals surface area contributed by atoms with Crippen LogP contribution in [0.5, 0.6) is 0 Å². The molecule has 2 aromatic carbocycles. The van der Waals surface area contributed by atoms with Crippen molar-refractivity contribution in [3.8, 4) is 0 Å². The van der Waals surface area contributed by atoms with Gasteiger partial charge in [-0.2, -0.15) is 0 Å². The Balaban J connectivity index is 2.29. The van der Waals surface area contributed by atoms with Crippen LogP contribution < -0.4 is 11.2 Å². The van der Waals surface area contributed by atoms with Crippen molar-refractivity contribution in [2.24, 2.45) is 0 Å². The van der Waals surface area contributed by atoms with E-state index in [1.165, 1.54) is 4.57 Å². The zero-order chi connectivity index (χ0) is 22.2. The summed E-state index contributed by atoms with van der Waals surface area (Å²) in [6.45, 7) is 7.46. The van der Waals surface area contributed by atoms with E-state index in [0.717, 1.165) is 11.1 Å². The lowest BCUT2D eigenvalue weighted by Gasteiger charge is -2.18. The molecule has 1 aromatic heterocycles. The summed E-state index contributed by atoms with van der Waals surface area (Å²) in [5, 5.41) is 0.836. The highest BCUT2D eigenvalue weighted by Crippen LogP contribution is 2.23. The van der Waals surface area contributed by atoms with E-state index in [-0.39, 0.29) is 29.5 Å². The van der Waals surface area contributed by atoms with E-state index < -0.39 is 11.2 Å². The average Bonchev–Trinajstić information content (AvgIpc) is 2.61. The third kappa shape index (κ3) is 4.58. The summed E-state index contributed by atoms with van der Waals surface area (Å²) < 4.78 is 1.29. The van der Waals surface area contributed by atoms with Crippen LogP contribution >= 0.6 is 23.2 Å². The average molecular weight is 445 g/mol. The van der Waals surface area contributed by atoms with Gasteiger partial charge in [0.15, 0.2) is 0 Å². The minimum Gasteiger partial charge on any atom is -0.287 e. The molecule has 3 rings (SSSR count). The molecule has 0 aliphatic carbocycles. The van der Waals surface area contributed by atoms with Crippen molar-refractivity contribution >= 4 is 29.0 Å². The number of aromatic nitrogens is 2. The summed E-state index contributed by atoms with van der Waals surface area (Å²) >= 11 is 12.2. The number of nitrogens with one attached hydrogen (secondary N) is 1. The molecule has 0 bridgehead atoms. The topological polar surface area (TPSA) is 71.9 Å². The number of benzene rings is 2. The summed E-state index contributed by atoms with van der Waals surface area (Å²) in [6, 6.07) is 10.4. The molecule has 0 atom stereocenters. The van der Waals surface area contributed by atoms with E-state index in [2.05, 4.69) is 4.98 Å². The first-order valence-corrected chi connectivity index (χ1v) is 10.3. The number of H-pyrrole nitrogens is 1. The smallest absolute Gasteiger partial charge is 0.287 e. The molecule has 0 spiro atoms. The fraction of sp³-hybridized carbons (Fsp3) is 0.261. The van der Waals surface area contributed by atoms with Crippen LogP contribution in [0.1, 0.15) is 58.1 Å². The Morgan fingerprint density at radius 1 is 0.967 bits per heavy atom. The molecular formula is C23H22Cl2N2O3. The Morgan fingerprint density at radius 3 is 2.07 bits per heavy atom. The van der Waals surface area contributed by atoms with Crippen LogP contribution in [-0.2, 0) is 6.54 Å². The molecular weight excluding hydrogens is 423 g/mol. The van der Waals surface area contributed by atoms with Crippen LogP contribution in [0, 0.1) is 13.8 Å². The predicted molar refractivity (Wildman–Crippen MR) is 120 cm³/mol. The van der Waals surface area contributed by atoms with Gasteiger partial charge in [0.1, 0.15) is 5.69 Å². The molecule has 156 valence electrons. The minimum atomic E-state index is -0.659. The van der Waals surface area contributed by atoms with Crippen LogP contribution in [-0.4, -0.2) is 15.3 Å². The van der Waals surface area contributed by atoms with Crippen molar-refractivity contribution in [2.75, 3.05) is 0 Å². The SMILES string of the molecule is Cc1cc(C)cc(C(=O)c2c(C(C)C)c(=O)[nH]c(=O)n2Cc2cc(Cl)cc(Cl)c2)c1. The van der Waals surface area contributed by atoms with Gasteiger partial charge in [-0.15, -0.1) is 0 Å². The van der Waals surface area contributed by atoms with Gasteiger partial charge in [-0.05, 0) is 55.7 Å². The molecule has 1 N–H and O–H groups in total. The molecule has 0 fully saturated rings. The van der Waals surface area contributed by atoms with Crippen LogP contribution in [0.3, 0.4) is 0 Å². The molecule has 30 heavy (non-hydrogen) atoms. The standard InChI is InChI=1S/C23H22Cl2N2O3/c1-12(2)19-20(21(28)16-6-13(3)5-14(4)7-16)27(23(30)26-22(19)29)11-15-8-17(24)10-18(25)9-15/h5-10,12H,11H2,1-4H3,(H,26,29,30). The van der Waals surface area contributed by atoms with Crippen LogP contribution in [0.2, 0.25) is 10.0 Å². The second-order valence-electron chi connectivity index (χ2n) is 7.75. The van der Waals surface area contributed by atoms with Gasteiger partial charge in [-0.25, -0.2) is 4.79 Å². The molecule has 0 aliphatic rings. The van der Waals surface area contributed by atoms with E-state index in [1.807, 2.05) is 33.8 Å². The highest BCUT2D eigenvalue weighted by molar-refractivity contribution is 6.34. The Hall–Kier alpha value is -2.63. The second-order valence-corrected chi connectivity index (χ2v) is 8.62. The van der Waals surface area contributed by atoms with Crippen molar-refractivity contribution < 1.29 is 4.79 Å². The van der Waals surface area contributed by atoms with E-state index in [0.29, 0.717) is 21.2 Å². The Bertz CT molecular complexity index is 1220. The zero-order valence-electron chi connectivity index (χ0n) is 17.2. The number of halogens is 2. The number of aryl methyl sites for hydroxylation is 2. The molecule has 3 aromatic rings. The van der Waals surface area contributed by atoms with Crippen molar-refractivity contribution in [3.05, 3.63) is 101 Å². The lowest BCUT2D eigenvalue weighted by Crippen LogP contribution is -2.38. The quantitative estimate of drug-likeness (QED) is 0.570. The highest BCUT2D eigenvalue weighted by atomic mass is 35.5. The number of hydrogen-bond acceptors (Lipinski definition) is 3. The Kier molecular flexibility index (Phi) is 6.34. The molecule has 0 saturated carbocycles. The Morgan fingerprint density at radius 2 is 1.53 bits per heavy atom. The van der Waals surface area contributed by atoms with E-state index in [1.54, 1.807) is 30.3 Å². The summed E-state index contributed by atoms with van der Waals surface area (Å²) in [5.41, 5.74) is 2.06. The first-order chi connectivity index (χ1) is 14.1. The largest absolute Gasteiger partial charge is 0.329 e. The number of carbonyl (C=O) groups excluding carboxylic acids is 1. The van der Waals surface area contributed by atoms with Crippen molar-refractivity contribution in [2.45, 2.75) is 40.2 Å². The number of nitrogens with zero attached hydrogens (tertiary/aromatic N) is 1. The van der Waals surface area contributed by atoms with Gasteiger partial charge in [0.2, 0.25) is 5.78 Å². The van der Waals surface area contributed by atoms with E-state index in [4.69, 9.17) is 23.2 Å². The zero-order valence-corrected chi connectivity index (χ0v) is 18.7. The lowest BCUT2D eigenvalue weighted by atomic mass is 9.95. The minimum absolute atomic E-state index is 0.0431. The molecule has 0 aliphatic heterocycles. The summed E-state index contributed by atoms with van der Waals surface area (Å²) in [5.74, 6) is -0.643. The fourth-order valence-electron chi connectivity index (χ4n) is 3.65. The maximum Gasteiger partial charge on any atom is 0.329 e. The molecule has 5 nitrogen and oxygen atoms in total. The number of aromatic amines is 1. The summed E-state index contributed by atoms with van der Waals surface area (Å²) in [7, 11) is 0. The number of ketones is 1. The van der Waals surface area contributed by atoms with Crippen LogP contribution in [0.25, 0.3) is 0 Å². The van der Waals surface area contributed by atoms with Crippen LogP contribution in [0.4, 0.5) is 0 Å². The normalized spacial score (nSPS) is 11.2. The number of rotatable bonds is 5. The van der Waals surface area contributed by atoms with Gasteiger partial charge < -0.3 is 0 Å². The predicted octanol–water partition coefficient (Wildman–Crippen LogP) is 4.86. The van der Waals surface area contributed by atoms with E-state index in [9.17, 15) is 14.4 Å². The van der Waals surface area contributed by atoms with Gasteiger partial charge >= 0.3 is 5.69 Å². The number of carbonyl (C=O) groups is 1. The fourth-order valence-corrected chi connectivity index (χ4v) is 4.22.